The summed E-state index contributed by atoms with van der Waals surface area (Å²) in [5.41, 5.74) is 1.39. The molecule has 0 atom stereocenters. The second-order valence-electron chi connectivity index (χ2n) is 5.72. The molecule has 0 heterocycles. The minimum absolute atomic E-state index is 0.142. The molecule has 0 radical (unpaired) electrons. The molecule has 0 saturated heterocycles. The first kappa shape index (κ1) is 14.4. The van der Waals surface area contributed by atoms with Crippen LogP contribution < -0.4 is 0 Å². The Kier molecular flexibility index (Phi) is 4.52. The Morgan fingerprint density at radius 3 is 2.06 bits per heavy atom. The Bertz CT molecular complexity index is 385. The predicted molar refractivity (Wildman–Crippen MR) is 79.7 cm³/mol. The lowest BCUT2D eigenvalue weighted by atomic mass is 9.94. The van der Waals surface area contributed by atoms with Gasteiger partial charge in [0.2, 0.25) is 0 Å². The maximum atomic E-state index is 5.74. The summed E-state index contributed by atoms with van der Waals surface area (Å²) in [5.74, 6) is 0. The van der Waals surface area contributed by atoms with E-state index in [0.717, 1.165) is 0 Å². The van der Waals surface area contributed by atoms with Gasteiger partial charge < -0.3 is 0 Å². The second kappa shape index (κ2) is 5.33. The number of benzene rings is 1. The Morgan fingerprint density at radius 1 is 1.12 bits per heavy atom. The molecular formula is C15H24OP+. The summed E-state index contributed by atoms with van der Waals surface area (Å²) >= 11 is 0. The van der Waals surface area contributed by atoms with E-state index in [9.17, 15) is 0 Å². The van der Waals surface area contributed by atoms with E-state index in [1.165, 1.54) is 10.9 Å². The molecule has 17 heavy (non-hydrogen) atoms. The van der Waals surface area contributed by atoms with Crippen LogP contribution in [0.4, 0.5) is 0 Å². The molecule has 1 rings (SSSR count). The fraction of sp³-hybridized carbons (Fsp3) is 0.467. The normalized spacial score (nSPS) is 13.9. The van der Waals surface area contributed by atoms with Gasteiger partial charge in [-0.25, -0.2) is 4.52 Å². The van der Waals surface area contributed by atoms with Gasteiger partial charge >= 0.3 is 0 Å². The zero-order chi connectivity index (χ0) is 13.1. The van der Waals surface area contributed by atoms with Crippen molar-refractivity contribution in [2.75, 3.05) is 20.4 Å². The van der Waals surface area contributed by atoms with Gasteiger partial charge in [0.25, 0.3) is 0 Å². The Hall–Kier alpha value is -0.650. The molecule has 0 amide bonds. The molecule has 2 heteroatoms. The van der Waals surface area contributed by atoms with Crippen LogP contribution in [0, 0.1) is 5.41 Å². The van der Waals surface area contributed by atoms with Gasteiger partial charge in [-0.1, -0.05) is 51.1 Å². The summed E-state index contributed by atoms with van der Waals surface area (Å²) in [7, 11) is 0.358. The van der Waals surface area contributed by atoms with Crippen LogP contribution in [0.3, 0.4) is 0 Å². The van der Waals surface area contributed by atoms with E-state index in [1.54, 1.807) is 0 Å². The largest absolute Gasteiger partial charge is 0.237 e. The highest BCUT2D eigenvalue weighted by atomic mass is 31.2. The van der Waals surface area contributed by atoms with Crippen molar-refractivity contribution >= 4 is 13.6 Å². The van der Waals surface area contributed by atoms with Crippen molar-refractivity contribution in [3.63, 3.8) is 0 Å². The third kappa shape index (κ3) is 3.94. The van der Waals surface area contributed by atoms with E-state index in [2.05, 4.69) is 64.4 Å². The average Bonchev–Trinajstić information content (AvgIpc) is 2.25. The smallest absolute Gasteiger partial charge is 0.168 e. The Morgan fingerprint density at radius 2 is 1.65 bits per heavy atom. The average molecular weight is 251 g/mol. The first-order valence-corrected chi connectivity index (χ1v) is 8.55. The molecular weight excluding hydrogens is 227 g/mol. The van der Waals surface area contributed by atoms with Gasteiger partial charge in [0.15, 0.2) is 7.49 Å². The van der Waals surface area contributed by atoms with Crippen LogP contribution in [-0.2, 0) is 4.52 Å². The number of hydrogen-bond acceptors (Lipinski definition) is 1. The molecule has 0 saturated carbocycles. The molecule has 0 aliphatic carbocycles. The maximum absolute atomic E-state index is 5.74. The van der Waals surface area contributed by atoms with Crippen LogP contribution in [0.25, 0.3) is 6.08 Å². The van der Waals surface area contributed by atoms with Crippen LogP contribution in [0.5, 0.6) is 0 Å². The molecule has 1 aromatic carbocycles. The minimum Gasteiger partial charge on any atom is -0.237 e. The molecule has 1 nitrogen and oxygen atoms in total. The van der Waals surface area contributed by atoms with Crippen molar-refractivity contribution in [1.82, 2.24) is 0 Å². The van der Waals surface area contributed by atoms with E-state index in [4.69, 9.17) is 4.52 Å². The van der Waals surface area contributed by atoms with Gasteiger partial charge in [0.1, 0.15) is 5.31 Å². The Balaban J connectivity index is 3.22. The summed E-state index contributed by atoms with van der Waals surface area (Å²) in [6, 6.07) is 10.5. The van der Waals surface area contributed by atoms with Gasteiger partial charge in [-0.15, -0.1) is 0 Å². The molecule has 0 unspecified atom stereocenters. The minimum atomic E-state index is -1.46. The molecule has 0 aliphatic heterocycles. The van der Waals surface area contributed by atoms with E-state index in [1.807, 2.05) is 13.2 Å². The van der Waals surface area contributed by atoms with E-state index < -0.39 is 7.49 Å². The van der Waals surface area contributed by atoms with Crippen molar-refractivity contribution in [1.29, 1.82) is 0 Å². The molecule has 0 aliphatic rings. The van der Waals surface area contributed by atoms with Crippen molar-refractivity contribution < 1.29 is 4.52 Å². The summed E-state index contributed by atoms with van der Waals surface area (Å²) in [6.07, 6.45) is 2.29. The first-order chi connectivity index (χ1) is 7.77. The van der Waals surface area contributed by atoms with Crippen LogP contribution in [0.1, 0.15) is 26.3 Å². The van der Waals surface area contributed by atoms with Crippen molar-refractivity contribution in [3.05, 3.63) is 41.2 Å². The summed E-state index contributed by atoms with van der Waals surface area (Å²) in [6.45, 7) is 11.2. The molecule has 0 spiro atoms. The number of hydrogen-bond donors (Lipinski definition) is 0. The zero-order valence-corrected chi connectivity index (χ0v) is 12.7. The number of allylic oxidation sites excluding steroid dienone is 1. The lowest BCUT2D eigenvalue weighted by Crippen LogP contribution is -2.13. The predicted octanol–water partition coefficient (Wildman–Crippen LogP) is 4.91. The molecule has 1 aromatic rings. The van der Waals surface area contributed by atoms with E-state index >= 15 is 0 Å². The summed E-state index contributed by atoms with van der Waals surface area (Å²) in [4.78, 5) is 0. The molecule has 0 fully saturated rings. The lowest BCUT2D eigenvalue weighted by molar-refractivity contribution is 0.440. The maximum Gasteiger partial charge on any atom is 0.168 e. The third-order valence-electron chi connectivity index (χ3n) is 2.91. The fourth-order valence-corrected chi connectivity index (χ4v) is 4.26. The quantitative estimate of drug-likeness (QED) is 0.693. The van der Waals surface area contributed by atoms with Crippen molar-refractivity contribution in [3.8, 4) is 0 Å². The van der Waals surface area contributed by atoms with Crippen molar-refractivity contribution in [2.45, 2.75) is 20.8 Å². The van der Waals surface area contributed by atoms with Crippen molar-refractivity contribution in [2.24, 2.45) is 5.41 Å². The van der Waals surface area contributed by atoms with Crippen LogP contribution >= 0.6 is 7.49 Å². The first-order valence-electron chi connectivity index (χ1n) is 5.95. The standard InChI is InChI=1S/C15H24OP/c1-15(2,3)14(17(5,6)16-4)12-13-10-8-7-9-11-13/h7-12H,1-6H3/q+1/b14-12+. The summed E-state index contributed by atoms with van der Waals surface area (Å²) in [5, 5.41) is 1.42. The molecule has 94 valence electrons. The molecule has 0 N–H and O–H groups in total. The topological polar surface area (TPSA) is 9.23 Å². The molecule has 0 aromatic heterocycles. The van der Waals surface area contributed by atoms with Gasteiger partial charge in [-0.05, 0) is 11.6 Å². The lowest BCUT2D eigenvalue weighted by Gasteiger charge is -2.28. The van der Waals surface area contributed by atoms with Crippen LogP contribution in [0.2, 0.25) is 0 Å². The van der Waals surface area contributed by atoms with E-state index in [0.29, 0.717) is 0 Å². The highest BCUT2D eigenvalue weighted by Crippen LogP contribution is 2.65. The van der Waals surface area contributed by atoms with E-state index in [-0.39, 0.29) is 5.41 Å². The highest BCUT2D eigenvalue weighted by Gasteiger charge is 2.39. The highest BCUT2D eigenvalue weighted by molar-refractivity contribution is 7.74. The SMILES string of the molecule is CO[P+](C)(C)/C(=C/c1ccccc1)C(C)(C)C. The van der Waals surface area contributed by atoms with Crippen LogP contribution in [0.15, 0.2) is 35.6 Å². The van der Waals surface area contributed by atoms with Gasteiger partial charge in [0.05, 0.1) is 20.4 Å². The van der Waals surface area contributed by atoms with Crippen LogP contribution in [-0.4, -0.2) is 20.4 Å². The molecule has 0 bridgehead atoms. The zero-order valence-electron chi connectivity index (χ0n) is 11.8. The fourth-order valence-electron chi connectivity index (χ4n) is 1.99. The third-order valence-corrected chi connectivity index (χ3v) is 5.78. The monoisotopic (exact) mass is 251 g/mol. The van der Waals surface area contributed by atoms with Gasteiger partial charge in [-0.2, -0.15) is 0 Å². The number of rotatable bonds is 3. The second-order valence-corrected chi connectivity index (χ2v) is 9.27. The van der Waals surface area contributed by atoms with Gasteiger partial charge in [-0.3, -0.25) is 0 Å². The Labute approximate surface area is 106 Å². The summed E-state index contributed by atoms with van der Waals surface area (Å²) < 4.78 is 5.74. The van der Waals surface area contributed by atoms with Gasteiger partial charge in [0, 0.05) is 5.41 Å².